The predicted molar refractivity (Wildman–Crippen MR) is 70.9 cm³/mol. The average molecular weight is 244 g/mol. The lowest BCUT2D eigenvalue weighted by atomic mass is 10.3. The smallest absolute Gasteiger partial charge is 0.239 e. The van der Waals surface area contributed by atoms with Gasteiger partial charge in [0.2, 0.25) is 5.95 Å². The molecule has 2 aromatic heterocycles. The number of anilines is 2. The number of hydrogen-bond acceptors (Lipinski definition) is 6. The van der Waals surface area contributed by atoms with Crippen LogP contribution in [0.3, 0.4) is 0 Å². The van der Waals surface area contributed by atoms with Gasteiger partial charge < -0.3 is 4.90 Å². The number of hydrogen-bond donors (Lipinski definition) is 2. The molecular weight excluding hydrogens is 228 g/mol. The highest BCUT2D eigenvalue weighted by Crippen LogP contribution is 2.17. The van der Waals surface area contributed by atoms with Crippen LogP contribution in [-0.4, -0.2) is 22.0 Å². The summed E-state index contributed by atoms with van der Waals surface area (Å²) in [6, 6.07) is 5.85. The number of aromatic nitrogens is 3. The molecule has 0 aromatic carbocycles. The van der Waals surface area contributed by atoms with Gasteiger partial charge >= 0.3 is 0 Å². The van der Waals surface area contributed by atoms with Crippen LogP contribution in [0.1, 0.15) is 11.3 Å². The zero-order valence-electron chi connectivity index (χ0n) is 10.5. The third-order valence-electron chi connectivity index (χ3n) is 2.56. The Kier molecular flexibility index (Phi) is 3.69. The molecule has 0 radical (unpaired) electrons. The fourth-order valence-corrected chi connectivity index (χ4v) is 1.70. The molecule has 0 bridgehead atoms. The van der Waals surface area contributed by atoms with Crippen molar-refractivity contribution in [3.63, 3.8) is 0 Å². The van der Waals surface area contributed by atoms with Crippen molar-refractivity contribution in [1.82, 2.24) is 15.0 Å². The molecule has 0 aliphatic heterocycles. The maximum atomic E-state index is 5.32. The van der Waals surface area contributed by atoms with E-state index in [-0.39, 0.29) is 0 Å². The number of nitrogens with two attached hydrogens (primary N) is 1. The molecule has 18 heavy (non-hydrogen) atoms. The van der Waals surface area contributed by atoms with Crippen molar-refractivity contribution in [3.8, 4) is 0 Å². The molecule has 2 aromatic rings. The van der Waals surface area contributed by atoms with E-state index in [4.69, 9.17) is 5.84 Å². The van der Waals surface area contributed by atoms with E-state index in [1.54, 1.807) is 12.4 Å². The summed E-state index contributed by atoms with van der Waals surface area (Å²) in [5, 5.41) is 0. The topological polar surface area (TPSA) is 80.0 Å². The summed E-state index contributed by atoms with van der Waals surface area (Å²) in [6.45, 7) is 2.65. The molecule has 0 spiro atoms. The van der Waals surface area contributed by atoms with E-state index in [0.717, 1.165) is 17.1 Å². The molecule has 6 nitrogen and oxygen atoms in total. The summed E-state index contributed by atoms with van der Waals surface area (Å²) in [5.74, 6) is 6.56. The van der Waals surface area contributed by atoms with Crippen molar-refractivity contribution in [2.45, 2.75) is 13.5 Å². The summed E-state index contributed by atoms with van der Waals surface area (Å²) >= 11 is 0. The summed E-state index contributed by atoms with van der Waals surface area (Å²) in [4.78, 5) is 14.7. The lowest BCUT2D eigenvalue weighted by molar-refractivity contribution is 0.854. The second-order valence-corrected chi connectivity index (χ2v) is 4.02. The van der Waals surface area contributed by atoms with E-state index in [1.165, 1.54) is 0 Å². The van der Waals surface area contributed by atoms with Crippen LogP contribution in [0, 0.1) is 6.92 Å². The summed E-state index contributed by atoms with van der Waals surface area (Å²) in [7, 11) is 1.96. The van der Waals surface area contributed by atoms with Crippen molar-refractivity contribution in [1.29, 1.82) is 0 Å². The molecule has 0 saturated heterocycles. The van der Waals surface area contributed by atoms with E-state index in [1.807, 2.05) is 37.1 Å². The van der Waals surface area contributed by atoms with Crippen molar-refractivity contribution in [2.24, 2.45) is 5.84 Å². The van der Waals surface area contributed by atoms with Crippen LogP contribution in [-0.2, 0) is 6.54 Å². The molecule has 0 fully saturated rings. The zero-order valence-corrected chi connectivity index (χ0v) is 10.5. The third kappa shape index (κ3) is 2.72. The van der Waals surface area contributed by atoms with E-state index in [9.17, 15) is 0 Å². The molecule has 0 unspecified atom stereocenters. The number of nitrogens with one attached hydrogen (secondary N) is 1. The summed E-state index contributed by atoms with van der Waals surface area (Å²) < 4.78 is 0. The zero-order chi connectivity index (χ0) is 13.0. The number of nitrogen functional groups attached to an aromatic ring is 1. The highest BCUT2D eigenvalue weighted by Gasteiger charge is 2.09. The molecular formula is C12H16N6. The number of rotatable bonds is 4. The van der Waals surface area contributed by atoms with Gasteiger partial charge in [-0.1, -0.05) is 6.07 Å². The van der Waals surface area contributed by atoms with E-state index < -0.39 is 0 Å². The molecule has 2 heterocycles. The predicted octanol–water partition coefficient (Wildman–Crippen LogP) is 1.10. The van der Waals surface area contributed by atoms with E-state index in [0.29, 0.717) is 12.5 Å². The third-order valence-corrected chi connectivity index (χ3v) is 2.56. The van der Waals surface area contributed by atoms with Gasteiger partial charge in [-0.2, -0.15) is 4.98 Å². The summed E-state index contributed by atoms with van der Waals surface area (Å²) in [5.41, 5.74) is 4.43. The Labute approximate surface area is 106 Å². The first-order valence-corrected chi connectivity index (χ1v) is 5.62. The Morgan fingerprint density at radius 1 is 1.33 bits per heavy atom. The first kappa shape index (κ1) is 12.3. The maximum absolute atomic E-state index is 5.32. The fourth-order valence-electron chi connectivity index (χ4n) is 1.70. The number of aryl methyl sites for hydroxylation is 1. The molecule has 0 saturated carbocycles. The molecule has 0 aliphatic carbocycles. The van der Waals surface area contributed by atoms with E-state index >= 15 is 0 Å². The standard InChI is InChI=1S/C12H16N6/c1-9-7-15-12(17-13)16-11(9)18(2)8-10-5-3-4-6-14-10/h3-7H,8,13H2,1-2H3,(H,15,16,17). The monoisotopic (exact) mass is 244 g/mol. The van der Waals surface area contributed by atoms with Gasteiger partial charge in [0, 0.05) is 25.0 Å². The van der Waals surface area contributed by atoms with Crippen LogP contribution in [0.15, 0.2) is 30.6 Å². The van der Waals surface area contributed by atoms with Crippen molar-refractivity contribution in [3.05, 3.63) is 41.9 Å². The van der Waals surface area contributed by atoms with Crippen LogP contribution >= 0.6 is 0 Å². The lowest BCUT2D eigenvalue weighted by Crippen LogP contribution is -2.21. The number of pyridine rings is 1. The molecule has 2 rings (SSSR count). The first-order chi connectivity index (χ1) is 8.70. The quantitative estimate of drug-likeness (QED) is 0.619. The number of nitrogens with zero attached hydrogens (tertiary/aromatic N) is 4. The van der Waals surface area contributed by atoms with Crippen LogP contribution in [0.5, 0.6) is 0 Å². The Balaban J connectivity index is 2.20. The Morgan fingerprint density at radius 3 is 2.83 bits per heavy atom. The normalized spacial score (nSPS) is 10.2. The lowest BCUT2D eigenvalue weighted by Gasteiger charge is -2.19. The molecule has 94 valence electrons. The molecule has 0 aliphatic rings. The number of hydrazine groups is 1. The van der Waals surface area contributed by atoms with Gasteiger partial charge in [-0.25, -0.2) is 10.8 Å². The minimum atomic E-state index is 0.406. The second-order valence-electron chi connectivity index (χ2n) is 4.02. The van der Waals surface area contributed by atoms with Crippen molar-refractivity contribution >= 4 is 11.8 Å². The average Bonchev–Trinajstić information content (AvgIpc) is 2.40. The van der Waals surface area contributed by atoms with Gasteiger partial charge in [-0.3, -0.25) is 10.4 Å². The van der Waals surface area contributed by atoms with Crippen LogP contribution in [0.25, 0.3) is 0 Å². The van der Waals surface area contributed by atoms with Crippen LogP contribution in [0.2, 0.25) is 0 Å². The van der Waals surface area contributed by atoms with Gasteiger partial charge in [0.05, 0.1) is 12.2 Å². The highest BCUT2D eigenvalue weighted by molar-refractivity contribution is 5.48. The van der Waals surface area contributed by atoms with Crippen molar-refractivity contribution in [2.75, 3.05) is 17.4 Å². The van der Waals surface area contributed by atoms with Crippen LogP contribution < -0.4 is 16.2 Å². The molecule has 0 amide bonds. The van der Waals surface area contributed by atoms with Crippen LogP contribution in [0.4, 0.5) is 11.8 Å². The summed E-state index contributed by atoms with van der Waals surface area (Å²) in [6.07, 6.45) is 3.52. The fraction of sp³-hybridized carbons (Fsp3) is 0.250. The van der Waals surface area contributed by atoms with Gasteiger partial charge in [-0.15, -0.1) is 0 Å². The van der Waals surface area contributed by atoms with Crippen molar-refractivity contribution < 1.29 is 0 Å². The Morgan fingerprint density at radius 2 is 2.17 bits per heavy atom. The highest BCUT2D eigenvalue weighted by atomic mass is 15.3. The second kappa shape index (κ2) is 5.42. The van der Waals surface area contributed by atoms with Gasteiger partial charge in [-0.05, 0) is 19.1 Å². The maximum Gasteiger partial charge on any atom is 0.239 e. The van der Waals surface area contributed by atoms with Gasteiger partial charge in [0.25, 0.3) is 0 Å². The Bertz CT molecular complexity index is 513. The minimum absolute atomic E-state index is 0.406. The van der Waals surface area contributed by atoms with Gasteiger partial charge in [0.15, 0.2) is 0 Å². The van der Waals surface area contributed by atoms with E-state index in [2.05, 4.69) is 20.4 Å². The largest absolute Gasteiger partial charge is 0.353 e. The molecule has 3 N–H and O–H groups in total. The first-order valence-electron chi connectivity index (χ1n) is 5.62. The molecule has 0 atom stereocenters. The van der Waals surface area contributed by atoms with Gasteiger partial charge in [0.1, 0.15) is 5.82 Å². The minimum Gasteiger partial charge on any atom is -0.353 e. The molecule has 6 heteroatoms. The Hall–Kier alpha value is -2.21. The SMILES string of the molecule is Cc1cnc(NN)nc1N(C)Cc1ccccn1.